The Kier molecular flexibility index (Phi) is 5.40. The summed E-state index contributed by atoms with van der Waals surface area (Å²) in [4.78, 5) is 24.9. The minimum atomic E-state index is -0.947. The van der Waals surface area contributed by atoms with Gasteiger partial charge in [0, 0.05) is 6.04 Å². The largest absolute Gasteiger partial charge is 0.480 e. The Morgan fingerprint density at radius 1 is 1.20 bits per heavy atom. The highest BCUT2D eigenvalue weighted by Gasteiger charge is 2.37. The quantitative estimate of drug-likeness (QED) is 0.777. The maximum Gasteiger partial charge on any atom is 0.323 e. The molecule has 1 unspecified atom stereocenters. The van der Waals surface area contributed by atoms with E-state index in [0.717, 1.165) is 38.5 Å². The van der Waals surface area contributed by atoms with Crippen molar-refractivity contribution >= 4 is 11.9 Å². The highest BCUT2D eigenvalue weighted by Crippen LogP contribution is 2.29. The maximum atomic E-state index is 12.5. The number of carboxylic acid groups (broad SMARTS) is 1. The van der Waals surface area contributed by atoms with Gasteiger partial charge in [0.1, 0.15) is 12.6 Å². The second-order valence-electron chi connectivity index (χ2n) is 5.88. The van der Waals surface area contributed by atoms with E-state index in [1.165, 1.54) is 11.3 Å². The predicted octanol–water partition coefficient (Wildman–Crippen LogP) is 2.19. The molecule has 0 aliphatic heterocycles. The zero-order chi connectivity index (χ0) is 14.5. The summed E-state index contributed by atoms with van der Waals surface area (Å²) in [5.74, 6) is -1.08. The lowest BCUT2D eigenvalue weighted by molar-refractivity contribution is -0.155. The SMILES string of the molecule is CCC(OC1CCCCC1)C(=O)N(CC(=O)O)C1CC1. The molecule has 114 valence electrons. The number of hydrogen-bond acceptors (Lipinski definition) is 3. The van der Waals surface area contributed by atoms with Crippen molar-refractivity contribution in [1.29, 1.82) is 0 Å². The summed E-state index contributed by atoms with van der Waals surface area (Å²) in [5.41, 5.74) is 0. The Morgan fingerprint density at radius 2 is 1.85 bits per heavy atom. The summed E-state index contributed by atoms with van der Waals surface area (Å²) in [6.07, 6.45) is 7.75. The van der Waals surface area contributed by atoms with Gasteiger partial charge in [-0.15, -0.1) is 0 Å². The molecule has 1 atom stereocenters. The highest BCUT2D eigenvalue weighted by molar-refractivity contribution is 5.85. The Hall–Kier alpha value is -1.10. The number of hydrogen-bond donors (Lipinski definition) is 1. The fourth-order valence-corrected chi connectivity index (χ4v) is 2.87. The molecule has 0 heterocycles. The molecule has 5 nitrogen and oxygen atoms in total. The van der Waals surface area contributed by atoms with E-state index in [0.29, 0.717) is 6.42 Å². The lowest BCUT2D eigenvalue weighted by atomic mass is 9.97. The molecule has 2 aliphatic carbocycles. The van der Waals surface area contributed by atoms with Crippen LogP contribution in [0.3, 0.4) is 0 Å². The third kappa shape index (κ3) is 4.20. The van der Waals surface area contributed by atoms with Crippen molar-refractivity contribution in [2.75, 3.05) is 6.54 Å². The van der Waals surface area contributed by atoms with Gasteiger partial charge >= 0.3 is 5.97 Å². The molecule has 0 spiro atoms. The normalized spacial score (nSPS) is 21.4. The first-order valence-electron chi connectivity index (χ1n) is 7.79. The first-order valence-corrected chi connectivity index (χ1v) is 7.79. The van der Waals surface area contributed by atoms with Crippen LogP contribution in [0.1, 0.15) is 58.3 Å². The molecule has 0 aromatic carbocycles. The lowest BCUT2D eigenvalue weighted by Crippen LogP contribution is -2.45. The lowest BCUT2D eigenvalue weighted by Gasteiger charge is -2.30. The molecule has 5 heteroatoms. The number of rotatable bonds is 7. The third-order valence-corrected chi connectivity index (χ3v) is 4.13. The Morgan fingerprint density at radius 3 is 2.35 bits per heavy atom. The second-order valence-corrected chi connectivity index (χ2v) is 5.88. The zero-order valence-corrected chi connectivity index (χ0v) is 12.2. The second kappa shape index (κ2) is 7.07. The molecular weight excluding hydrogens is 258 g/mol. The van der Waals surface area contributed by atoms with E-state index in [9.17, 15) is 9.59 Å². The van der Waals surface area contributed by atoms with Gasteiger partial charge in [0.25, 0.3) is 5.91 Å². The summed E-state index contributed by atoms with van der Waals surface area (Å²) in [7, 11) is 0. The molecule has 0 saturated heterocycles. The van der Waals surface area contributed by atoms with Crippen LogP contribution in [0, 0.1) is 0 Å². The van der Waals surface area contributed by atoms with Crippen LogP contribution < -0.4 is 0 Å². The maximum absolute atomic E-state index is 12.5. The summed E-state index contributed by atoms with van der Waals surface area (Å²) >= 11 is 0. The van der Waals surface area contributed by atoms with Gasteiger partial charge in [-0.2, -0.15) is 0 Å². The van der Waals surface area contributed by atoms with Gasteiger partial charge in [-0.1, -0.05) is 26.2 Å². The van der Waals surface area contributed by atoms with Crippen LogP contribution in [0.4, 0.5) is 0 Å². The van der Waals surface area contributed by atoms with Crippen LogP contribution in [0.2, 0.25) is 0 Å². The fourth-order valence-electron chi connectivity index (χ4n) is 2.87. The van der Waals surface area contributed by atoms with E-state index in [1.54, 1.807) is 0 Å². The van der Waals surface area contributed by atoms with E-state index in [2.05, 4.69) is 0 Å². The highest BCUT2D eigenvalue weighted by atomic mass is 16.5. The smallest absolute Gasteiger partial charge is 0.323 e. The average molecular weight is 283 g/mol. The van der Waals surface area contributed by atoms with Crippen molar-refractivity contribution in [3.05, 3.63) is 0 Å². The first kappa shape index (κ1) is 15.3. The van der Waals surface area contributed by atoms with Gasteiger partial charge in [-0.25, -0.2) is 0 Å². The van der Waals surface area contributed by atoms with Crippen LogP contribution in [-0.4, -0.2) is 46.7 Å². The summed E-state index contributed by atoms with van der Waals surface area (Å²) < 4.78 is 5.96. The number of ether oxygens (including phenoxy) is 1. The van der Waals surface area contributed by atoms with Gasteiger partial charge < -0.3 is 14.7 Å². The fraction of sp³-hybridized carbons (Fsp3) is 0.867. The molecule has 1 amide bonds. The molecule has 0 aromatic heterocycles. The Bertz CT molecular complexity index is 348. The van der Waals surface area contributed by atoms with Gasteiger partial charge in [0.15, 0.2) is 0 Å². The molecule has 2 aliphatic rings. The molecule has 20 heavy (non-hydrogen) atoms. The topological polar surface area (TPSA) is 66.8 Å². The van der Waals surface area contributed by atoms with E-state index in [1.807, 2.05) is 6.92 Å². The van der Waals surface area contributed by atoms with Crippen LogP contribution >= 0.6 is 0 Å². The van der Waals surface area contributed by atoms with Gasteiger partial charge in [0.2, 0.25) is 0 Å². The molecule has 0 radical (unpaired) electrons. The van der Waals surface area contributed by atoms with E-state index < -0.39 is 12.1 Å². The number of carbonyl (C=O) groups excluding carboxylic acids is 1. The zero-order valence-electron chi connectivity index (χ0n) is 12.2. The van der Waals surface area contributed by atoms with Crippen molar-refractivity contribution in [1.82, 2.24) is 4.90 Å². The van der Waals surface area contributed by atoms with Crippen molar-refractivity contribution in [2.45, 2.75) is 76.5 Å². The molecular formula is C15H25NO4. The van der Waals surface area contributed by atoms with Gasteiger partial charge in [-0.05, 0) is 32.1 Å². The summed E-state index contributed by atoms with van der Waals surface area (Å²) in [5, 5.41) is 8.95. The number of aliphatic carboxylic acids is 1. The number of amides is 1. The minimum absolute atomic E-state index is 0.114. The van der Waals surface area contributed by atoms with Gasteiger partial charge in [0.05, 0.1) is 6.10 Å². The molecule has 2 rings (SSSR count). The van der Waals surface area contributed by atoms with E-state index in [4.69, 9.17) is 9.84 Å². The number of carbonyl (C=O) groups is 2. The monoisotopic (exact) mass is 283 g/mol. The van der Waals surface area contributed by atoms with Gasteiger partial charge in [-0.3, -0.25) is 9.59 Å². The Balaban J connectivity index is 1.93. The van der Waals surface area contributed by atoms with Crippen LogP contribution in [-0.2, 0) is 14.3 Å². The summed E-state index contributed by atoms with van der Waals surface area (Å²) in [6.45, 7) is 1.73. The molecule has 1 N–H and O–H groups in total. The number of nitrogens with zero attached hydrogens (tertiary/aromatic N) is 1. The summed E-state index contributed by atoms with van der Waals surface area (Å²) in [6, 6.07) is 0.114. The first-order chi connectivity index (χ1) is 9.61. The minimum Gasteiger partial charge on any atom is -0.480 e. The molecule has 2 saturated carbocycles. The van der Waals surface area contributed by atoms with Crippen molar-refractivity contribution in [2.24, 2.45) is 0 Å². The van der Waals surface area contributed by atoms with Crippen molar-refractivity contribution in [3.8, 4) is 0 Å². The van der Waals surface area contributed by atoms with Crippen LogP contribution in [0.5, 0.6) is 0 Å². The predicted molar refractivity (Wildman–Crippen MR) is 74.4 cm³/mol. The molecule has 0 aromatic rings. The molecule has 2 fully saturated rings. The van der Waals surface area contributed by atoms with Crippen LogP contribution in [0.25, 0.3) is 0 Å². The van der Waals surface area contributed by atoms with E-state index in [-0.39, 0.29) is 24.6 Å². The standard InChI is InChI=1S/C15H25NO4/c1-2-13(20-12-6-4-3-5-7-12)15(19)16(10-14(17)18)11-8-9-11/h11-13H,2-10H2,1H3,(H,17,18). The van der Waals surface area contributed by atoms with Crippen LogP contribution in [0.15, 0.2) is 0 Å². The van der Waals surface area contributed by atoms with Crippen molar-refractivity contribution in [3.63, 3.8) is 0 Å². The van der Waals surface area contributed by atoms with E-state index >= 15 is 0 Å². The average Bonchev–Trinajstić information content (AvgIpc) is 3.27. The third-order valence-electron chi connectivity index (χ3n) is 4.13. The Labute approximate surface area is 120 Å². The molecule has 0 bridgehead atoms. The number of carboxylic acids is 1. The van der Waals surface area contributed by atoms with Crippen molar-refractivity contribution < 1.29 is 19.4 Å².